The van der Waals surface area contributed by atoms with Crippen LogP contribution in [0.4, 0.5) is 0 Å². The summed E-state index contributed by atoms with van der Waals surface area (Å²) in [6.45, 7) is 1.97. The van der Waals surface area contributed by atoms with Gasteiger partial charge in [-0.25, -0.2) is 4.79 Å². The number of ketones is 1. The highest BCUT2D eigenvalue weighted by molar-refractivity contribution is 6.26. The van der Waals surface area contributed by atoms with E-state index in [1.165, 1.54) is 7.11 Å². The lowest BCUT2D eigenvalue weighted by Crippen LogP contribution is -2.18. The number of carbonyl (C=O) groups excluding carboxylic acids is 2. The van der Waals surface area contributed by atoms with Crippen LogP contribution in [0.3, 0.4) is 0 Å². The van der Waals surface area contributed by atoms with Crippen LogP contribution in [0.1, 0.15) is 38.2 Å². The molecule has 23 heavy (non-hydrogen) atoms. The number of carbonyl (C=O) groups is 2. The van der Waals surface area contributed by atoms with Gasteiger partial charge < -0.3 is 9.47 Å². The Kier molecular flexibility index (Phi) is 5.74. The third-order valence-electron chi connectivity index (χ3n) is 4.09. The average Bonchev–Trinajstić information content (AvgIpc) is 2.59. The number of Topliss-reactive ketones (excluding diaryl/α,β-unsaturated/α-hetero) is 1. The monoisotopic (exact) mass is 314 g/mol. The van der Waals surface area contributed by atoms with E-state index >= 15 is 0 Å². The fourth-order valence-corrected chi connectivity index (χ4v) is 2.72. The first kappa shape index (κ1) is 17.0. The molecule has 4 nitrogen and oxygen atoms in total. The number of esters is 1. The molecule has 0 saturated heterocycles. The average molecular weight is 314 g/mol. The Bertz CT molecular complexity index is 650. The molecule has 0 atom stereocenters. The van der Waals surface area contributed by atoms with Crippen LogP contribution in [0.15, 0.2) is 41.0 Å². The minimum Gasteiger partial charge on any atom is -0.497 e. The van der Waals surface area contributed by atoms with Gasteiger partial charge in [-0.15, -0.1) is 0 Å². The molecule has 122 valence electrons. The molecule has 0 aromatic heterocycles. The summed E-state index contributed by atoms with van der Waals surface area (Å²) in [5.74, 6) is -0.0968. The van der Waals surface area contributed by atoms with Crippen LogP contribution in [0.2, 0.25) is 0 Å². The molecule has 1 aliphatic carbocycles. The van der Waals surface area contributed by atoms with Gasteiger partial charge in [0.05, 0.1) is 14.2 Å². The van der Waals surface area contributed by atoms with Gasteiger partial charge in [0.25, 0.3) is 0 Å². The number of allylic oxidation sites excluding steroid dienone is 2. The van der Waals surface area contributed by atoms with Crippen LogP contribution < -0.4 is 4.74 Å². The van der Waals surface area contributed by atoms with Crippen molar-refractivity contribution in [2.45, 2.75) is 32.6 Å². The van der Waals surface area contributed by atoms with E-state index in [9.17, 15) is 9.59 Å². The summed E-state index contributed by atoms with van der Waals surface area (Å²) in [4.78, 5) is 24.9. The largest absolute Gasteiger partial charge is 0.497 e. The van der Waals surface area contributed by atoms with E-state index in [4.69, 9.17) is 9.47 Å². The number of benzene rings is 1. The molecule has 0 bridgehead atoms. The standard InChI is InChI=1S/C19H22O4/c1-13-6-4-5-7-16(13)18(20)17(19(21)23-3)12-14-8-10-15(22-2)11-9-14/h8-12H,4-7H2,1-3H3/b17-12-. The van der Waals surface area contributed by atoms with Gasteiger partial charge in [-0.3, -0.25) is 4.79 Å². The van der Waals surface area contributed by atoms with Crippen LogP contribution in [0, 0.1) is 0 Å². The van der Waals surface area contributed by atoms with Crippen molar-refractivity contribution >= 4 is 17.8 Å². The second-order valence-electron chi connectivity index (χ2n) is 5.62. The molecule has 4 heteroatoms. The van der Waals surface area contributed by atoms with Gasteiger partial charge in [-0.05, 0) is 62.0 Å². The number of rotatable bonds is 5. The Balaban J connectivity index is 2.38. The lowest BCUT2D eigenvalue weighted by molar-refractivity contribution is -0.137. The predicted octanol–water partition coefficient (Wildman–Crippen LogP) is 3.71. The smallest absolute Gasteiger partial charge is 0.341 e. The summed E-state index contributed by atoms with van der Waals surface area (Å²) in [5.41, 5.74) is 2.66. The van der Waals surface area contributed by atoms with Gasteiger partial charge in [-0.1, -0.05) is 17.7 Å². The second kappa shape index (κ2) is 7.77. The maximum atomic E-state index is 12.8. The number of methoxy groups -OCH3 is 2. The molecule has 0 N–H and O–H groups in total. The number of ether oxygens (including phenoxy) is 2. The number of hydrogen-bond donors (Lipinski definition) is 0. The third-order valence-corrected chi connectivity index (χ3v) is 4.09. The Morgan fingerprint density at radius 1 is 1.04 bits per heavy atom. The highest BCUT2D eigenvalue weighted by Gasteiger charge is 2.25. The van der Waals surface area contributed by atoms with Crippen LogP contribution >= 0.6 is 0 Å². The fraction of sp³-hybridized carbons (Fsp3) is 0.368. The lowest BCUT2D eigenvalue weighted by atomic mass is 9.87. The van der Waals surface area contributed by atoms with Gasteiger partial charge in [-0.2, -0.15) is 0 Å². The van der Waals surface area contributed by atoms with Gasteiger partial charge in [0.1, 0.15) is 11.3 Å². The molecule has 2 rings (SSSR count). The highest BCUT2D eigenvalue weighted by atomic mass is 16.5. The zero-order valence-electron chi connectivity index (χ0n) is 13.8. The Hall–Kier alpha value is -2.36. The predicted molar refractivity (Wildman–Crippen MR) is 89.2 cm³/mol. The van der Waals surface area contributed by atoms with Crippen LogP contribution in [0.25, 0.3) is 6.08 Å². The Morgan fingerprint density at radius 3 is 2.26 bits per heavy atom. The first-order valence-electron chi connectivity index (χ1n) is 7.74. The minimum atomic E-state index is -0.600. The molecule has 1 aromatic carbocycles. The van der Waals surface area contributed by atoms with Crippen molar-refractivity contribution < 1.29 is 19.1 Å². The highest BCUT2D eigenvalue weighted by Crippen LogP contribution is 2.28. The first-order chi connectivity index (χ1) is 11.1. The fourth-order valence-electron chi connectivity index (χ4n) is 2.72. The topological polar surface area (TPSA) is 52.6 Å². The van der Waals surface area contributed by atoms with E-state index in [0.717, 1.165) is 48.1 Å². The van der Waals surface area contributed by atoms with Crippen molar-refractivity contribution in [3.8, 4) is 5.75 Å². The molecular weight excluding hydrogens is 292 g/mol. The molecule has 0 heterocycles. The molecule has 0 amide bonds. The lowest BCUT2D eigenvalue weighted by Gasteiger charge is -2.17. The van der Waals surface area contributed by atoms with Crippen molar-refractivity contribution in [3.05, 3.63) is 46.5 Å². The van der Waals surface area contributed by atoms with E-state index in [2.05, 4.69) is 0 Å². The van der Waals surface area contributed by atoms with E-state index < -0.39 is 5.97 Å². The zero-order chi connectivity index (χ0) is 16.8. The summed E-state index contributed by atoms with van der Waals surface area (Å²) in [6, 6.07) is 7.18. The van der Waals surface area contributed by atoms with Crippen LogP contribution in [-0.2, 0) is 14.3 Å². The van der Waals surface area contributed by atoms with Crippen molar-refractivity contribution in [3.63, 3.8) is 0 Å². The Labute approximate surface area is 136 Å². The molecule has 1 aliphatic rings. The summed E-state index contributed by atoms with van der Waals surface area (Å²) < 4.78 is 9.91. The van der Waals surface area contributed by atoms with E-state index in [1.807, 2.05) is 6.92 Å². The van der Waals surface area contributed by atoms with Gasteiger partial charge >= 0.3 is 5.97 Å². The first-order valence-corrected chi connectivity index (χ1v) is 7.74. The Morgan fingerprint density at radius 2 is 1.70 bits per heavy atom. The van der Waals surface area contributed by atoms with Crippen molar-refractivity contribution in [1.82, 2.24) is 0 Å². The summed E-state index contributed by atoms with van der Waals surface area (Å²) in [6.07, 6.45) is 5.30. The van der Waals surface area contributed by atoms with E-state index in [0.29, 0.717) is 0 Å². The van der Waals surface area contributed by atoms with E-state index in [-0.39, 0.29) is 11.4 Å². The molecule has 1 aromatic rings. The van der Waals surface area contributed by atoms with Gasteiger partial charge in [0.2, 0.25) is 0 Å². The third kappa shape index (κ3) is 4.09. The van der Waals surface area contributed by atoms with E-state index in [1.54, 1.807) is 37.5 Å². The summed E-state index contributed by atoms with van der Waals surface area (Å²) in [7, 11) is 2.88. The quantitative estimate of drug-likeness (QED) is 0.360. The molecule has 0 fully saturated rings. The maximum Gasteiger partial charge on any atom is 0.341 e. The summed E-state index contributed by atoms with van der Waals surface area (Å²) >= 11 is 0. The zero-order valence-corrected chi connectivity index (χ0v) is 13.8. The minimum absolute atomic E-state index is 0.0777. The van der Waals surface area contributed by atoms with Gasteiger partial charge in [0.15, 0.2) is 5.78 Å². The van der Waals surface area contributed by atoms with Crippen molar-refractivity contribution in [2.75, 3.05) is 14.2 Å². The normalized spacial score (nSPS) is 15.3. The molecule has 0 spiro atoms. The summed E-state index contributed by atoms with van der Waals surface area (Å²) in [5, 5.41) is 0. The SMILES string of the molecule is COC(=O)/C(=C\c1ccc(OC)cc1)C(=O)C1=C(C)CCCC1. The van der Waals surface area contributed by atoms with Crippen LogP contribution in [-0.4, -0.2) is 26.0 Å². The van der Waals surface area contributed by atoms with Crippen molar-refractivity contribution in [1.29, 1.82) is 0 Å². The van der Waals surface area contributed by atoms with Crippen LogP contribution in [0.5, 0.6) is 5.75 Å². The molecular formula is C19H22O4. The second-order valence-corrected chi connectivity index (χ2v) is 5.62. The van der Waals surface area contributed by atoms with Gasteiger partial charge in [0, 0.05) is 0 Å². The molecule has 0 unspecified atom stereocenters. The molecule has 0 saturated carbocycles. The molecule has 0 radical (unpaired) electrons. The maximum absolute atomic E-state index is 12.8. The van der Waals surface area contributed by atoms with Crippen molar-refractivity contribution in [2.24, 2.45) is 0 Å². The molecule has 0 aliphatic heterocycles. The number of hydrogen-bond acceptors (Lipinski definition) is 4.